The summed E-state index contributed by atoms with van der Waals surface area (Å²) in [5, 5.41) is 9.42. The molecule has 104 valence electrons. The van der Waals surface area contributed by atoms with Crippen LogP contribution >= 0.6 is 0 Å². The first kappa shape index (κ1) is 14.1. The zero-order valence-electron chi connectivity index (χ0n) is 11.0. The fraction of sp³-hybridized carbons (Fsp3) is 0.188. The SMILES string of the molecule is COc1ccc(F)cc1C(Cc1ccccc1)C(=O)O. The van der Waals surface area contributed by atoms with Crippen molar-refractivity contribution in [1.29, 1.82) is 0 Å². The molecule has 1 N–H and O–H groups in total. The lowest BCUT2D eigenvalue weighted by Crippen LogP contribution is -2.15. The largest absolute Gasteiger partial charge is 0.496 e. The molecule has 1 unspecified atom stereocenters. The number of ether oxygens (including phenoxy) is 1. The maximum absolute atomic E-state index is 13.4. The van der Waals surface area contributed by atoms with Crippen molar-refractivity contribution < 1.29 is 19.0 Å². The number of halogens is 1. The first-order chi connectivity index (χ1) is 9.61. The predicted molar refractivity (Wildman–Crippen MR) is 73.5 cm³/mol. The Hall–Kier alpha value is -2.36. The van der Waals surface area contributed by atoms with Gasteiger partial charge in [-0.1, -0.05) is 30.3 Å². The van der Waals surface area contributed by atoms with E-state index in [1.165, 1.54) is 25.3 Å². The summed E-state index contributed by atoms with van der Waals surface area (Å²) >= 11 is 0. The van der Waals surface area contributed by atoms with Gasteiger partial charge in [0.2, 0.25) is 0 Å². The maximum Gasteiger partial charge on any atom is 0.311 e. The summed E-state index contributed by atoms with van der Waals surface area (Å²) in [6, 6.07) is 13.2. The van der Waals surface area contributed by atoms with E-state index in [0.29, 0.717) is 11.3 Å². The summed E-state index contributed by atoms with van der Waals surface area (Å²) in [6.45, 7) is 0. The van der Waals surface area contributed by atoms with Crippen molar-refractivity contribution >= 4 is 5.97 Å². The topological polar surface area (TPSA) is 46.5 Å². The average molecular weight is 274 g/mol. The number of carboxylic acid groups (broad SMARTS) is 1. The van der Waals surface area contributed by atoms with E-state index in [-0.39, 0.29) is 6.42 Å². The molecule has 2 aromatic rings. The molecule has 1 atom stereocenters. The number of aliphatic carboxylic acids is 1. The van der Waals surface area contributed by atoms with Crippen molar-refractivity contribution in [2.24, 2.45) is 0 Å². The molecule has 20 heavy (non-hydrogen) atoms. The minimum atomic E-state index is -1.00. The third kappa shape index (κ3) is 3.15. The first-order valence-corrected chi connectivity index (χ1v) is 6.22. The van der Waals surface area contributed by atoms with Gasteiger partial charge in [0.15, 0.2) is 0 Å². The molecular formula is C16H15FO3. The minimum Gasteiger partial charge on any atom is -0.496 e. The summed E-state index contributed by atoms with van der Waals surface area (Å²) in [7, 11) is 1.44. The van der Waals surface area contributed by atoms with E-state index >= 15 is 0 Å². The summed E-state index contributed by atoms with van der Waals surface area (Å²) in [5.74, 6) is -1.93. The molecule has 2 aromatic carbocycles. The summed E-state index contributed by atoms with van der Waals surface area (Å²) in [6.07, 6.45) is 0.288. The normalized spacial score (nSPS) is 11.9. The summed E-state index contributed by atoms with van der Waals surface area (Å²) in [5.41, 5.74) is 1.23. The summed E-state index contributed by atoms with van der Waals surface area (Å²) < 4.78 is 18.5. The van der Waals surface area contributed by atoms with Gasteiger partial charge in [-0.2, -0.15) is 0 Å². The van der Waals surface area contributed by atoms with Gasteiger partial charge >= 0.3 is 5.97 Å². The lowest BCUT2D eigenvalue weighted by atomic mass is 9.91. The molecule has 0 heterocycles. The zero-order chi connectivity index (χ0) is 14.5. The Morgan fingerprint density at radius 1 is 1.25 bits per heavy atom. The van der Waals surface area contributed by atoms with Crippen molar-refractivity contribution in [3.05, 3.63) is 65.5 Å². The predicted octanol–water partition coefficient (Wildman–Crippen LogP) is 3.25. The molecule has 0 aromatic heterocycles. The number of carboxylic acids is 1. The van der Waals surface area contributed by atoms with E-state index in [4.69, 9.17) is 4.74 Å². The highest BCUT2D eigenvalue weighted by Crippen LogP contribution is 2.30. The highest BCUT2D eigenvalue weighted by molar-refractivity contribution is 5.77. The van der Waals surface area contributed by atoms with Crippen molar-refractivity contribution in [2.45, 2.75) is 12.3 Å². The van der Waals surface area contributed by atoms with Crippen LogP contribution < -0.4 is 4.74 Å². The van der Waals surface area contributed by atoms with Crippen LogP contribution in [0.1, 0.15) is 17.0 Å². The molecular weight excluding hydrogens is 259 g/mol. The molecule has 0 saturated heterocycles. The Kier molecular flexibility index (Phi) is 4.35. The molecule has 0 saturated carbocycles. The number of benzene rings is 2. The Labute approximate surface area is 116 Å². The van der Waals surface area contributed by atoms with E-state index in [1.807, 2.05) is 30.3 Å². The maximum atomic E-state index is 13.4. The quantitative estimate of drug-likeness (QED) is 0.910. The van der Waals surface area contributed by atoms with Gasteiger partial charge in [-0.3, -0.25) is 4.79 Å². The molecule has 0 amide bonds. The number of carbonyl (C=O) groups is 1. The zero-order valence-corrected chi connectivity index (χ0v) is 11.0. The molecule has 0 aliphatic rings. The van der Waals surface area contributed by atoms with Crippen LogP contribution in [0.4, 0.5) is 4.39 Å². The Morgan fingerprint density at radius 2 is 1.95 bits per heavy atom. The molecule has 0 fully saturated rings. The van der Waals surface area contributed by atoms with E-state index in [0.717, 1.165) is 5.56 Å². The highest BCUT2D eigenvalue weighted by atomic mass is 19.1. The standard InChI is InChI=1S/C16H15FO3/c1-20-15-8-7-12(17)10-13(15)14(16(18)19)9-11-5-3-2-4-6-11/h2-8,10,14H,9H2,1H3,(H,18,19). The van der Waals surface area contributed by atoms with E-state index in [2.05, 4.69) is 0 Å². The molecule has 3 nitrogen and oxygen atoms in total. The van der Waals surface area contributed by atoms with Crippen LogP contribution in [0.5, 0.6) is 5.75 Å². The van der Waals surface area contributed by atoms with E-state index < -0.39 is 17.7 Å². The minimum absolute atomic E-state index is 0.288. The molecule has 0 aliphatic carbocycles. The Bertz CT molecular complexity index is 596. The van der Waals surface area contributed by atoms with Crippen LogP contribution in [-0.2, 0) is 11.2 Å². The number of rotatable bonds is 5. The number of hydrogen-bond donors (Lipinski definition) is 1. The van der Waals surface area contributed by atoms with Gasteiger partial charge in [0.1, 0.15) is 11.6 Å². The molecule has 0 radical (unpaired) electrons. The second-order valence-electron chi connectivity index (χ2n) is 4.47. The summed E-state index contributed by atoms with van der Waals surface area (Å²) in [4.78, 5) is 11.5. The molecule has 0 bridgehead atoms. The van der Waals surface area contributed by atoms with Gasteiger partial charge in [0.25, 0.3) is 0 Å². The molecule has 2 rings (SSSR count). The fourth-order valence-corrected chi connectivity index (χ4v) is 2.16. The first-order valence-electron chi connectivity index (χ1n) is 6.22. The van der Waals surface area contributed by atoms with E-state index in [1.54, 1.807) is 0 Å². The third-order valence-electron chi connectivity index (χ3n) is 3.15. The fourth-order valence-electron chi connectivity index (χ4n) is 2.16. The van der Waals surface area contributed by atoms with Gasteiger partial charge < -0.3 is 9.84 Å². The van der Waals surface area contributed by atoms with Gasteiger partial charge in [0, 0.05) is 5.56 Å². The van der Waals surface area contributed by atoms with Crippen molar-refractivity contribution in [3.8, 4) is 5.75 Å². The molecule has 0 aliphatic heterocycles. The molecule has 4 heteroatoms. The van der Waals surface area contributed by atoms with Crippen LogP contribution in [-0.4, -0.2) is 18.2 Å². The third-order valence-corrected chi connectivity index (χ3v) is 3.15. The van der Waals surface area contributed by atoms with Gasteiger partial charge in [-0.25, -0.2) is 4.39 Å². The second-order valence-corrected chi connectivity index (χ2v) is 4.47. The number of hydrogen-bond acceptors (Lipinski definition) is 2. The monoisotopic (exact) mass is 274 g/mol. The Morgan fingerprint density at radius 3 is 2.55 bits per heavy atom. The van der Waals surface area contributed by atoms with Crippen LogP contribution in [0.2, 0.25) is 0 Å². The van der Waals surface area contributed by atoms with Crippen LogP contribution in [0.15, 0.2) is 48.5 Å². The van der Waals surface area contributed by atoms with Crippen LogP contribution in [0.25, 0.3) is 0 Å². The Balaban J connectivity index is 2.38. The van der Waals surface area contributed by atoms with Gasteiger partial charge in [0.05, 0.1) is 13.0 Å². The molecule has 0 spiro atoms. The smallest absolute Gasteiger partial charge is 0.311 e. The van der Waals surface area contributed by atoms with Crippen LogP contribution in [0.3, 0.4) is 0 Å². The number of methoxy groups -OCH3 is 1. The van der Waals surface area contributed by atoms with Crippen molar-refractivity contribution in [1.82, 2.24) is 0 Å². The van der Waals surface area contributed by atoms with Gasteiger partial charge in [-0.05, 0) is 30.2 Å². The second kappa shape index (κ2) is 6.19. The lowest BCUT2D eigenvalue weighted by Gasteiger charge is -2.16. The lowest BCUT2D eigenvalue weighted by molar-refractivity contribution is -0.138. The van der Waals surface area contributed by atoms with Gasteiger partial charge in [-0.15, -0.1) is 0 Å². The van der Waals surface area contributed by atoms with E-state index in [9.17, 15) is 14.3 Å². The van der Waals surface area contributed by atoms with Crippen LogP contribution in [0, 0.1) is 5.82 Å². The van der Waals surface area contributed by atoms with Crippen molar-refractivity contribution in [2.75, 3.05) is 7.11 Å². The van der Waals surface area contributed by atoms with Crippen molar-refractivity contribution in [3.63, 3.8) is 0 Å². The highest BCUT2D eigenvalue weighted by Gasteiger charge is 2.24. The average Bonchev–Trinajstić information content (AvgIpc) is 2.45.